The van der Waals surface area contributed by atoms with Gasteiger partial charge < -0.3 is 48.8 Å². The molecule has 5 aromatic rings. The van der Waals surface area contributed by atoms with Crippen LogP contribution in [0.25, 0.3) is 33.3 Å². The molecule has 3 aromatic carbocycles. The number of nitrogens with zero attached hydrogens (tertiary/aromatic N) is 7. The third-order valence-corrected chi connectivity index (χ3v) is 17.5. The third kappa shape index (κ3) is 11.2. The number of anilines is 1. The summed E-state index contributed by atoms with van der Waals surface area (Å²) in [6.07, 6.45) is 2.32. The van der Waals surface area contributed by atoms with Crippen LogP contribution >= 0.6 is 0 Å². The number of rotatable bonds is 11. The first-order chi connectivity index (χ1) is 38.3. The van der Waals surface area contributed by atoms with E-state index in [1.165, 1.54) is 21.9 Å². The van der Waals surface area contributed by atoms with Crippen LogP contribution in [0.3, 0.4) is 0 Å². The Labute approximate surface area is 469 Å². The number of likely N-dealkylation sites (N-methyl/N-ethyl adjacent to an activating group) is 2. The number of aromatic hydroxyl groups is 1. The number of phenols is 1. The number of pyridine rings is 1. The average Bonchev–Trinajstić information content (AvgIpc) is 4.21. The minimum absolute atomic E-state index is 0.0154. The number of nitrogens with one attached hydrogen (secondary N) is 2. The van der Waals surface area contributed by atoms with Gasteiger partial charge in [-0.05, 0) is 110 Å². The molecular formula is C62H79N9O9. The first-order valence-electron chi connectivity index (χ1n) is 28.4. The second kappa shape index (κ2) is 22.8. The molecule has 426 valence electrons. The van der Waals surface area contributed by atoms with Crippen molar-refractivity contribution in [3.63, 3.8) is 0 Å². The average molecular weight is 1090 g/mol. The lowest BCUT2D eigenvalue weighted by Gasteiger charge is -2.37. The van der Waals surface area contributed by atoms with Crippen molar-refractivity contribution in [2.45, 2.75) is 97.5 Å². The number of piperazine rings is 1. The minimum atomic E-state index is -1.20. The number of amides is 4. The van der Waals surface area contributed by atoms with E-state index in [4.69, 9.17) is 19.2 Å². The number of likely N-dealkylation sites (tertiary alicyclic amines) is 1. The Hall–Kier alpha value is -7.02. The van der Waals surface area contributed by atoms with Crippen LogP contribution in [0.15, 0.2) is 79.0 Å². The molecule has 4 amide bonds. The summed E-state index contributed by atoms with van der Waals surface area (Å²) in [5, 5.41) is 17.1. The summed E-state index contributed by atoms with van der Waals surface area (Å²) in [4.78, 5) is 85.2. The Balaban J connectivity index is 1.05. The Morgan fingerprint density at radius 2 is 1.70 bits per heavy atom. The summed E-state index contributed by atoms with van der Waals surface area (Å²) in [6.45, 7) is 17.1. The molecule has 4 aliphatic heterocycles. The fraction of sp³-hybridized carbons (Fsp3) is 0.516. The molecule has 6 heterocycles. The molecule has 8 atom stereocenters. The van der Waals surface area contributed by atoms with E-state index in [1.54, 1.807) is 26.3 Å². The molecule has 80 heavy (non-hydrogen) atoms. The number of phenolic OH excluding ortho intramolecular Hbond substituents is 1. The zero-order chi connectivity index (χ0) is 56.9. The number of hydrogen-bond donors (Lipinski definition) is 3. The van der Waals surface area contributed by atoms with E-state index in [-0.39, 0.29) is 61.6 Å². The molecule has 2 aromatic heterocycles. The Bertz CT molecular complexity index is 3150. The van der Waals surface area contributed by atoms with E-state index in [2.05, 4.69) is 77.2 Å². The van der Waals surface area contributed by atoms with E-state index in [0.29, 0.717) is 30.6 Å². The van der Waals surface area contributed by atoms with Gasteiger partial charge in [0.1, 0.15) is 23.9 Å². The predicted octanol–water partition coefficient (Wildman–Crippen LogP) is 7.02. The number of aromatic nitrogens is 2. The van der Waals surface area contributed by atoms with E-state index in [1.807, 2.05) is 63.4 Å². The van der Waals surface area contributed by atoms with Gasteiger partial charge in [0.2, 0.25) is 11.8 Å². The number of esters is 1. The van der Waals surface area contributed by atoms with Gasteiger partial charge in [0, 0.05) is 101 Å². The number of ether oxygens (including phenoxy) is 3. The van der Waals surface area contributed by atoms with Crippen molar-refractivity contribution in [3.8, 4) is 28.1 Å². The lowest BCUT2D eigenvalue weighted by molar-refractivity contribution is -0.156. The highest BCUT2D eigenvalue weighted by Crippen LogP contribution is 2.46. The van der Waals surface area contributed by atoms with Crippen LogP contribution in [-0.2, 0) is 52.8 Å². The Kier molecular flexibility index (Phi) is 16.1. The van der Waals surface area contributed by atoms with Crippen molar-refractivity contribution < 1.29 is 43.3 Å². The molecule has 1 aliphatic carbocycles. The summed E-state index contributed by atoms with van der Waals surface area (Å²) in [6, 6.07) is 20.4. The molecule has 5 aliphatic rings. The molecule has 2 unspecified atom stereocenters. The van der Waals surface area contributed by atoms with Crippen molar-refractivity contribution in [2.24, 2.45) is 29.1 Å². The quantitative estimate of drug-likeness (QED) is 0.115. The summed E-state index contributed by atoms with van der Waals surface area (Å²) in [5.41, 5.74) is 11.6. The highest BCUT2D eigenvalue weighted by atomic mass is 16.5. The van der Waals surface area contributed by atoms with Crippen molar-refractivity contribution in [2.75, 3.05) is 85.6 Å². The second-order valence-corrected chi connectivity index (χ2v) is 24.1. The molecule has 0 radical (unpaired) electrons. The van der Waals surface area contributed by atoms with Gasteiger partial charge in [-0.25, -0.2) is 10.2 Å². The van der Waals surface area contributed by atoms with E-state index < -0.39 is 59.3 Å². The number of methoxy groups -OCH3 is 2. The van der Waals surface area contributed by atoms with Crippen LogP contribution in [-0.4, -0.2) is 163 Å². The maximum atomic E-state index is 15.2. The van der Waals surface area contributed by atoms with Crippen LogP contribution in [0.4, 0.5) is 10.5 Å². The van der Waals surface area contributed by atoms with Gasteiger partial charge in [-0.15, -0.1) is 0 Å². The molecule has 10 rings (SSSR count). The van der Waals surface area contributed by atoms with Gasteiger partial charge in [0.05, 0.1) is 49.0 Å². The van der Waals surface area contributed by atoms with E-state index in [9.17, 15) is 19.5 Å². The van der Waals surface area contributed by atoms with Gasteiger partial charge in [-0.1, -0.05) is 70.2 Å². The Morgan fingerprint density at radius 1 is 0.950 bits per heavy atom. The molecule has 6 bridgehead atoms. The van der Waals surface area contributed by atoms with Crippen LogP contribution < -0.4 is 15.6 Å². The molecule has 4 fully saturated rings. The SMILES string of the molecule is CCn1c(-c2cc(N3CCN(C)CC3)cnc2[C@H](C)OC)c2c3cc(ccc31)-c1cc(O)cc(c1)C[C@H](NC(=O)C(C(C)C)N(C)C(=O)[C@@H]1CN(C(=O)OC)C[C@@H]1c1ccccc1)C(=O)N1CC3C[C@@H]3[C@H](N1)C(=O)OCC(C)(C)C2. The number of hydrogen-bond acceptors (Lipinski definition) is 13. The van der Waals surface area contributed by atoms with E-state index in [0.717, 1.165) is 82.8 Å². The summed E-state index contributed by atoms with van der Waals surface area (Å²) in [5.74, 6) is -3.24. The number of hydrazine groups is 1. The Morgan fingerprint density at radius 3 is 2.40 bits per heavy atom. The number of carbonyl (C=O) groups is 5. The summed E-state index contributed by atoms with van der Waals surface area (Å²) < 4.78 is 19.8. The van der Waals surface area contributed by atoms with Crippen molar-refractivity contribution >= 4 is 46.4 Å². The fourth-order valence-corrected chi connectivity index (χ4v) is 13.0. The summed E-state index contributed by atoms with van der Waals surface area (Å²) in [7, 11) is 6.76. The van der Waals surface area contributed by atoms with Crippen molar-refractivity contribution in [1.29, 1.82) is 0 Å². The summed E-state index contributed by atoms with van der Waals surface area (Å²) >= 11 is 0. The second-order valence-electron chi connectivity index (χ2n) is 24.1. The minimum Gasteiger partial charge on any atom is -0.508 e. The molecule has 1 saturated carbocycles. The number of cyclic esters (lactones) is 1. The molecular weight excluding hydrogens is 1010 g/mol. The van der Waals surface area contributed by atoms with Gasteiger partial charge in [-0.3, -0.25) is 29.2 Å². The number of fused-ring (bicyclic) bond motifs is 8. The largest absolute Gasteiger partial charge is 0.508 e. The van der Waals surface area contributed by atoms with Gasteiger partial charge >= 0.3 is 12.1 Å². The number of aryl methyl sites for hydroxylation is 1. The van der Waals surface area contributed by atoms with Crippen LogP contribution in [0.2, 0.25) is 0 Å². The van der Waals surface area contributed by atoms with Crippen LogP contribution in [0, 0.1) is 29.1 Å². The predicted molar refractivity (Wildman–Crippen MR) is 305 cm³/mol. The molecule has 3 saturated heterocycles. The smallest absolute Gasteiger partial charge is 0.409 e. The molecule has 18 heteroatoms. The topological polar surface area (TPSA) is 191 Å². The van der Waals surface area contributed by atoms with Crippen LogP contribution in [0.1, 0.15) is 82.4 Å². The van der Waals surface area contributed by atoms with Crippen molar-refractivity contribution in [1.82, 2.24) is 40.0 Å². The van der Waals surface area contributed by atoms with E-state index >= 15 is 9.59 Å². The maximum Gasteiger partial charge on any atom is 0.409 e. The maximum absolute atomic E-state index is 15.2. The third-order valence-electron chi connectivity index (χ3n) is 17.5. The monoisotopic (exact) mass is 1090 g/mol. The lowest BCUT2D eigenvalue weighted by atomic mass is 9.84. The fourth-order valence-electron chi connectivity index (χ4n) is 13.0. The number of benzene rings is 3. The van der Waals surface area contributed by atoms with Gasteiger partial charge in [0.15, 0.2) is 0 Å². The highest BCUT2D eigenvalue weighted by molar-refractivity contribution is 5.96. The standard InChI is InChI=1S/C62H79N9O9/c1-11-70-52-18-17-40-27-46(52)48(56(70)47-29-43(31-63-53(47)37(4)78-9)68-21-19-66(7)20-22-68)30-62(5,6)35-80-60(76)54-45-28-42(45)32-71(65-54)59(75)51(25-38-23-41(40)26-44(72)24-38)64-57(73)55(36(2)3)67(8)58(74)50-34-69(61(77)79-10)33-49(50)39-15-13-12-14-16-39/h12-18,23-24,26-27,29,31,36-37,42,45,49-51,54-55,65,72H,11,19-22,25,28,30,32-35H2,1-10H3,(H,64,73)/t37-,42?,45-,49+,50+,51-,54-,55?/m0/s1. The first-order valence-corrected chi connectivity index (χ1v) is 28.4. The lowest BCUT2D eigenvalue weighted by Crippen LogP contribution is -2.63. The normalized spacial score (nSPS) is 24.0. The molecule has 0 spiro atoms. The first kappa shape index (κ1) is 56.3. The molecule has 18 nitrogen and oxygen atoms in total. The highest BCUT2D eigenvalue weighted by Gasteiger charge is 2.53. The zero-order valence-corrected chi connectivity index (χ0v) is 48.0. The molecule has 3 N–H and O–H groups in total. The van der Waals surface area contributed by atoms with Gasteiger partial charge in [-0.2, -0.15) is 0 Å². The zero-order valence-electron chi connectivity index (χ0n) is 48.0. The van der Waals surface area contributed by atoms with Crippen molar-refractivity contribution in [3.05, 3.63) is 101 Å². The van der Waals surface area contributed by atoms with Gasteiger partial charge in [0.25, 0.3) is 5.91 Å². The number of carbonyl (C=O) groups excluding carboxylic acids is 5. The van der Waals surface area contributed by atoms with Crippen LogP contribution in [0.5, 0.6) is 5.75 Å².